The molecule has 1 aliphatic carbocycles. The van der Waals surface area contributed by atoms with Crippen molar-refractivity contribution in [3.8, 4) is 17.6 Å². The van der Waals surface area contributed by atoms with Crippen molar-refractivity contribution in [3.63, 3.8) is 0 Å². The molecule has 0 bridgehead atoms. The van der Waals surface area contributed by atoms with E-state index in [1.165, 1.54) is 0 Å². The van der Waals surface area contributed by atoms with E-state index < -0.39 is 5.92 Å². The summed E-state index contributed by atoms with van der Waals surface area (Å²) in [5, 5.41) is 13.0. The lowest BCUT2D eigenvalue weighted by molar-refractivity contribution is -0.116. The first-order valence-corrected chi connectivity index (χ1v) is 9.12. The number of allylic oxidation sites excluding steroid dienone is 3. The van der Waals surface area contributed by atoms with Crippen LogP contribution in [0.2, 0.25) is 0 Å². The summed E-state index contributed by atoms with van der Waals surface area (Å²) in [7, 11) is 0. The zero-order valence-corrected chi connectivity index (χ0v) is 14.9. The van der Waals surface area contributed by atoms with Crippen molar-refractivity contribution in [1.29, 1.82) is 5.26 Å². The monoisotopic (exact) mass is 356 g/mol. The van der Waals surface area contributed by atoms with Crippen molar-refractivity contribution in [1.82, 2.24) is 5.32 Å². The fourth-order valence-corrected chi connectivity index (χ4v) is 3.90. The summed E-state index contributed by atoms with van der Waals surface area (Å²) in [5.41, 5.74) is 3.21. The van der Waals surface area contributed by atoms with Gasteiger partial charge in [0.1, 0.15) is 11.5 Å². The summed E-state index contributed by atoms with van der Waals surface area (Å²) < 4.78 is 5.95. The second kappa shape index (κ2) is 7.13. The van der Waals surface area contributed by atoms with Gasteiger partial charge in [0.05, 0.1) is 12.0 Å². The average molecular weight is 356 g/mol. The number of nitriles is 1. The Morgan fingerprint density at radius 2 is 1.85 bits per heavy atom. The van der Waals surface area contributed by atoms with Crippen LogP contribution in [-0.2, 0) is 4.79 Å². The lowest BCUT2D eigenvalue weighted by atomic mass is 9.72. The van der Waals surface area contributed by atoms with Gasteiger partial charge < -0.3 is 10.1 Å². The molecule has 2 aromatic rings. The SMILES string of the molecule is C=C1NC2=C(C(=O)CCC2)C(c2cccc(Oc3ccccc3)c2)C1C#N. The largest absolute Gasteiger partial charge is 0.457 e. The minimum Gasteiger partial charge on any atom is -0.457 e. The molecule has 4 heteroatoms. The summed E-state index contributed by atoms with van der Waals surface area (Å²) in [6.07, 6.45) is 2.18. The van der Waals surface area contributed by atoms with Gasteiger partial charge >= 0.3 is 0 Å². The van der Waals surface area contributed by atoms with Gasteiger partial charge in [-0.25, -0.2) is 0 Å². The van der Waals surface area contributed by atoms with Crippen molar-refractivity contribution in [2.45, 2.75) is 25.2 Å². The smallest absolute Gasteiger partial charge is 0.161 e. The number of benzene rings is 2. The summed E-state index contributed by atoms with van der Waals surface area (Å²) in [5.74, 6) is 0.749. The molecule has 0 saturated carbocycles. The Morgan fingerprint density at radius 1 is 1.07 bits per heavy atom. The zero-order chi connectivity index (χ0) is 18.8. The number of rotatable bonds is 3. The second-order valence-corrected chi connectivity index (χ2v) is 6.89. The Labute approximate surface area is 158 Å². The molecule has 1 N–H and O–H groups in total. The van der Waals surface area contributed by atoms with Crippen LogP contribution in [0.4, 0.5) is 0 Å². The molecule has 2 aromatic carbocycles. The molecular formula is C23H20N2O2. The van der Waals surface area contributed by atoms with Gasteiger partial charge in [-0.2, -0.15) is 5.26 Å². The predicted octanol–water partition coefficient (Wildman–Crippen LogP) is 4.83. The highest BCUT2D eigenvalue weighted by Gasteiger charge is 2.39. The quantitative estimate of drug-likeness (QED) is 0.856. The Morgan fingerprint density at radius 3 is 2.63 bits per heavy atom. The maximum atomic E-state index is 12.7. The van der Waals surface area contributed by atoms with Crippen LogP contribution in [0, 0.1) is 17.2 Å². The van der Waals surface area contributed by atoms with Gasteiger partial charge in [0, 0.05) is 29.3 Å². The highest BCUT2D eigenvalue weighted by molar-refractivity contribution is 5.99. The fraction of sp³-hybridized carbons (Fsp3) is 0.217. The number of carbonyl (C=O) groups is 1. The number of nitrogens with zero attached hydrogens (tertiary/aromatic N) is 1. The molecule has 2 unspecified atom stereocenters. The van der Waals surface area contributed by atoms with Gasteiger partial charge in [0.15, 0.2) is 5.78 Å². The third-order valence-corrected chi connectivity index (χ3v) is 5.12. The number of carbonyl (C=O) groups excluding carboxylic acids is 1. The number of Topliss-reactive ketones (excluding diaryl/α,β-unsaturated/α-hetero) is 1. The van der Waals surface area contributed by atoms with Crippen molar-refractivity contribution in [2.24, 2.45) is 5.92 Å². The Balaban J connectivity index is 1.75. The van der Waals surface area contributed by atoms with Crippen LogP contribution in [0.3, 0.4) is 0 Å². The van der Waals surface area contributed by atoms with Gasteiger partial charge in [-0.15, -0.1) is 0 Å². The molecule has 2 atom stereocenters. The first kappa shape index (κ1) is 17.1. The molecule has 4 nitrogen and oxygen atoms in total. The maximum Gasteiger partial charge on any atom is 0.161 e. The van der Waals surface area contributed by atoms with Crippen LogP contribution < -0.4 is 10.1 Å². The first-order chi connectivity index (χ1) is 13.2. The van der Waals surface area contributed by atoms with E-state index in [1.54, 1.807) is 0 Å². The number of nitrogens with one attached hydrogen (secondary N) is 1. The van der Waals surface area contributed by atoms with Gasteiger partial charge in [0.25, 0.3) is 0 Å². The summed E-state index contributed by atoms with van der Waals surface area (Å²) in [6.45, 7) is 4.04. The molecule has 2 aliphatic rings. The minimum absolute atomic E-state index is 0.121. The molecule has 4 rings (SSSR count). The average Bonchev–Trinajstić information content (AvgIpc) is 2.68. The molecule has 27 heavy (non-hydrogen) atoms. The fourth-order valence-electron chi connectivity index (χ4n) is 3.90. The van der Waals surface area contributed by atoms with E-state index in [-0.39, 0.29) is 11.7 Å². The van der Waals surface area contributed by atoms with Crippen LogP contribution in [0.1, 0.15) is 30.7 Å². The summed E-state index contributed by atoms with van der Waals surface area (Å²) in [4.78, 5) is 12.7. The molecular weight excluding hydrogens is 336 g/mol. The van der Waals surface area contributed by atoms with E-state index in [9.17, 15) is 10.1 Å². The molecule has 0 spiro atoms. The highest BCUT2D eigenvalue weighted by atomic mass is 16.5. The van der Waals surface area contributed by atoms with Crippen LogP contribution >= 0.6 is 0 Å². The van der Waals surface area contributed by atoms with E-state index in [0.717, 1.165) is 35.4 Å². The standard InChI is InChI=1S/C23H20N2O2/c1-15-19(14-24)22(23-20(25-15)11-6-12-21(23)26)16-7-5-10-18(13-16)27-17-8-3-2-4-9-17/h2-5,7-10,13,19,22,25H,1,6,11-12H2. The third-order valence-electron chi connectivity index (χ3n) is 5.12. The molecule has 0 aromatic heterocycles. The molecule has 0 amide bonds. The van der Waals surface area contributed by atoms with Gasteiger partial charge in [-0.3, -0.25) is 4.79 Å². The van der Waals surface area contributed by atoms with Crippen molar-refractivity contribution in [3.05, 3.63) is 83.7 Å². The first-order valence-electron chi connectivity index (χ1n) is 9.12. The lowest BCUT2D eigenvalue weighted by Crippen LogP contribution is -2.36. The van der Waals surface area contributed by atoms with Crippen molar-refractivity contribution < 1.29 is 9.53 Å². The summed E-state index contributed by atoms with van der Waals surface area (Å²) >= 11 is 0. The minimum atomic E-state index is -0.488. The van der Waals surface area contributed by atoms with E-state index in [4.69, 9.17) is 4.74 Å². The lowest BCUT2D eigenvalue weighted by Gasteiger charge is -2.36. The van der Waals surface area contributed by atoms with Gasteiger partial charge in [-0.05, 0) is 42.7 Å². The number of ketones is 1. The molecule has 0 saturated heterocycles. The number of para-hydroxylation sites is 1. The second-order valence-electron chi connectivity index (χ2n) is 6.89. The maximum absolute atomic E-state index is 12.7. The molecule has 134 valence electrons. The van der Waals surface area contributed by atoms with Crippen molar-refractivity contribution >= 4 is 5.78 Å². The zero-order valence-electron chi connectivity index (χ0n) is 14.9. The third kappa shape index (κ3) is 3.24. The highest BCUT2D eigenvalue weighted by Crippen LogP contribution is 2.44. The summed E-state index contributed by atoms with van der Waals surface area (Å²) in [6, 6.07) is 19.5. The Bertz CT molecular complexity index is 969. The van der Waals surface area contributed by atoms with E-state index in [0.29, 0.717) is 17.9 Å². The number of hydrogen-bond acceptors (Lipinski definition) is 4. The number of ether oxygens (including phenoxy) is 1. The predicted molar refractivity (Wildman–Crippen MR) is 103 cm³/mol. The Hall–Kier alpha value is -3.32. The Kier molecular flexibility index (Phi) is 4.52. The van der Waals surface area contributed by atoms with Gasteiger partial charge in [-0.1, -0.05) is 36.9 Å². The topological polar surface area (TPSA) is 62.1 Å². The van der Waals surface area contributed by atoms with E-state index in [2.05, 4.69) is 18.0 Å². The van der Waals surface area contributed by atoms with Crippen LogP contribution in [-0.4, -0.2) is 5.78 Å². The molecule has 0 fully saturated rings. The van der Waals surface area contributed by atoms with E-state index in [1.807, 2.05) is 54.6 Å². The molecule has 0 radical (unpaired) electrons. The molecule has 1 heterocycles. The van der Waals surface area contributed by atoms with Crippen LogP contribution in [0.15, 0.2) is 78.1 Å². The van der Waals surface area contributed by atoms with E-state index >= 15 is 0 Å². The van der Waals surface area contributed by atoms with Gasteiger partial charge in [0.2, 0.25) is 0 Å². The number of hydrogen-bond donors (Lipinski definition) is 1. The van der Waals surface area contributed by atoms with Crippen LogP contribution in [0.5, 0.6) is 11.5 Å². The van der Waals surface area contributed by atoms with Crippen LogP contribution in [0.25, 0.3) is 0 Å². The molecule has 1 aliphatic heterocycles. The normalized spacial score (nSPS) is 21.9. The van der Waals surface area contributed by atoms with Crippen molar-refractivity contribution in [2.75, 3.05) is 0 Å².